The molecule has 0 spiro atoms. The quantitative estimate of drug-likeness (QED) is 0.904. The van der Waals surface area contributed by atoms with Gasteiger partial charge in [-0.05, 0) is 19.1 Å². The molecule has 20 heavy (non-hydrogen) atoms. The number of anilines is 2. The predicted octanol–water partition coefficient (Wildman–Crippen LogP) is 2.30. The number of ether oxygens (including phenoxy) is 1. The van der Waals surface area contributed by atoms with E-state index in [4.69, 9.17) is 4.74 Å². The van der Waals surface area contributed by atoms with Crippen molar-refractivity contribution in [1.82, 2.24) is 15.0 Å². The van der Waals surface area contributed by atoms with Gasteiger partial charge in [-0.2, -0.15) is 15.0 Å². The second-order valence-corrected chi connectivity index (χ2v) is 4.23. The highest BCUT2D eigenvalue weighted by molar-refractivity contribution is 5.38. The van der Waals surface area contributed by atoms with E-state index in [0.717, 1.165) is 0 Å². The van der Waals surface area contributed by atoms with Gasteiger partial charge in [0.1, 0.15) is 11.6 Å². The molecule has 0 amide bonds. The Bertz CT molecular complexity index is 591. The molecule has 0 saturated carbocycles. The lowest BCUT2D eigenvalue weighted by Crippen LogP contribution is -2.15. The van der Waals surface area contributed by atoms with Crippen LogP contribution in [0.4, 0.5) is 16.3 Å². The fourth-order valence-electron chi connectivity index (χ4n) is 1.46. The summed E-state index contributed by atoms with van der Waals surface area (Å²) in [5, 5.41) is 3.00. The van der Waals surface area contributed by atoms with Gasteiger partial charge in [0.15, 0.2) is 0 Å². The minimum Gasteiger partial charge on any atom is -0.424 e. The molecule has 1 aromatic carbocycles. The van der Waals surface area contributed by atoms with Gasteiger partial charge in [0, 0.05) is 26.7 Å². The molecule has 1 N–H and O–H groups in total. The standard InChI is InChI=1S/C13H16FN5O/c1-4-15-11-16-12(19(2)3)18-13(17-11)20-10-7-5-6-9(14)8-10/h5-8H,4H2,1-3H3,(H,15,16,17,18). The molecular formula is C13H16FN5O. The van der Waals surface area contributed by atoms with Crippen molar-refractivity contribution in [2.24, 2.45) is 0 Å². The van der Waals surface area contributed by atoms with Crippen molar-refractivity contribution in [2.45, 2.75) is 6.92 Å². The predicted molar refractivity (Wildman–Crippen MR) is 74.8 cm³/mol. The van der Waals surface area contributed by atoms with Crippen LogP contribution < -0.4 is 15.0 Å². The fraction of sp³-hybridized carbons (Fsp3) is 0.308. The Morgan fingerprint density at radius 3 is 2.70 bits per heavy atom. The first-order chi connectivity index (χ1) is 9.58. The molecule has 0 saturated heterocycles. The second-order valence-electron chi connectivity index (χ2n) is 4.23. The van der Waals surface area contributed by atoms with Crippen molar-refractivity contribution in [2.75, 3.05) is 30.9 Å². The Morgan fingerprint density at radius 1 is 1.25 bits per heavy atom. The summed E-state index contributed by atoms with van der Waals surface area (Å²) < 4.78 is 18.6. The largest absolute Gasteiger partial charge is 0.424 e. The minimum absolute atomic E-state index is 0.116. The lowest BCUT2D eigenvalue weighted by atomic mass is 10.3. The van der Waals surface area contributed by atoms with Gasteiger partial charge in [-0.1, -0.05) is 6.07 Å². The van der Waals surface area contributed by atoms with Crippen LogP contribution in [0.2, 0.25) is 0 Å². The average Bonchev–Trinajstić information content (AvgIpc) is 2.38. The number of nitrogens with zero attached hydrogens (tertiary/aromatic N) is 4. The number of aromatic nitrogens is 3. The normalized spacial score (nSPS) is 10.2. The van der Waals surface area contributed by atoms with E-state index in [0.29, 0.717) is 24.2 Å². The van der Waals surface area contributed by atoms with Crippen molar-refractivity contribution >= 4 is 11.9 Å². The van der Waals surface area contributed by atoms with E-state index in [-0.39, 0.29) is 11.8 Å². The molecule has 0 bridgehead atoms. The molecule has 0 aliphatic heterocycles. The zero-order valence-electron chi connectivity index (χ0n) is 11.6. The lowest BCUT2D eigenvalue weighted by Gasteiger charge is -2.13. The summed E-state index contributed by atoms with van der Waals surface area (Å²) in [6, 6.07) is 5.92. The monoisotopic (exact) mass is 277 g/mol. The third kappa shape index (κ3) is 3.53. The maximum absolute atomic E-state index is 13.1. The molecule has 1 aromatic heterocycles. The number of rotatable bonds is 5. The fourth-order valence-corrected chi connectivity index (χ4v) is 1.46. The van der Waals surface area contributed by atoms with Crippen LogP contribution in [-0.4, -0.2) is 35.6 Å². The van der Waals surface area contributed by atoms with Crippen LogP contribution in [0, 0.1) is 5.82 Å². The molecule has 106 valence electrons. The van der Waals surface area contributed by atoms with Crippen LogP contribution in [0.1, 0.15) is 6.92 Å². The van der Waals surface area contributed by atoms with Gasteiger partial charge < -0.3 is 15.0 Å². The van der Waals surface area contributed by atoms with E-state index in [1.165, 1.54) is 12.1 Å². The van der Waals surface area contributed by atoms with E-state index >= 15 is 0 Å². The Morgan fingerprint density at radius 2 is 2.05 bits per heavy atom. The number of halogens is 1. The summed E-state index contributed by atoms with van der Waals surface area (Å²) in [5.74, 6) is 0.833. The third-order valence-corrected chi connectivity index (χ3v) is 2.34. The van der Waals surface area contributed by atoms with Gasteiger partial charge >= 0.3 is 6.01 Å². The molecule has 0 atom stereocenters. The van der Waals surface area contributed by atoms with Crippen molar-refractivity contribution < 1.29 is 9.13 Å². The first kappa shape index (κ1) is 14.0. The molecule has 0 fully saturated rings. The molecule has 0 radical (unpaired) electrons. The summed E-state index contributed by atoms with van der Waals surface area (Å²) in [4.78, 5) is 14.2. The van der Waals surface area contributed by atoms with Crippen LogP contribution in [0.25, 0.3) is 0 Å². The Kier molecular flexibility index (Phi) is 4.29. The van der Waals surface area contributed by atoms with Gasteiger partial charge in [-0.15, -0.1) is 0 Å². The van der Waals surface area contributed by atoms with E-state index in [2.05, 4.69) is 20.3 Å². The topological polar surface area (TPSA) is 63.2 Å². The Hall–Kier alpha value is -2.44. The number of benzene rings is 1. The molecule has 6 nitrogen and oxygen atoms in total. The summed E-state index contributed by atoms with van der Waals surface area (Å²) in [7, 11) is 3.63. The zero-order valence-corrected chi connectivity index (χ0v) is 11.6. The first-order valence-electron chi connectivity index (χ1n) is 6.19. The molecule has 0 unspecified atom stereocenters. The smallest absolute Gasteiger partial charge is 0.328 e. The summed E-state index contributed by atoms with van der Waals surface area (Å²) in [6.45, 7) is 2.61. The SMILES string of the molecule is CCNc1nc(Oc2cccc(F)c2)nc(N(C)C)n1. The molecule has 0 aliphatic carbocycles. The van der Waals surface area contributed by atoms with Crippen molar-refractivity contribution in [3.8, 4) is 11.8 Å². The van der Waals surface area contributed by atoms with Crippen LogP contribution in [0.15, 0.2) is 24.3 Å². The van der Waals surface area contributed by atoms with Gasteiger partial charge in [-0.3, -0.25) is 0 Å². The second kappa shape index (κ2) is 6.14. The van der Waals surface area contributed by atoms with E-state index < -0.39 is 0 Å². The molecule has 0 aliphatic rings. The van der Waals surface area contributed by atoms with Crippen LogP contribution in [-0.2, 0) is 0 Å². The van der Waals surface area contributed by atoms with Gasteiger partial charge in [-0.25, -0.2) is 4.39 Å². The Labute approximate surface area is 116 Å². The first-order valence-corrected chi connectivity index (χ1v) is 6.19. The van der Waals surface area contributed by atoms with E-state index in [9.17, 15) is 4.39 Å². The lowest BCUT2D eigenvalue weighted by molar-refractivity contribution is 0.436. The molecular weight excluding hydrogens is 261 g/mol. The number of nitrogens with one attached hydrogen (secondary N) is 1. The Balaban J connectivity index is 2.30. The van der Waals surface area contributed by atoms with Crippen molar-refractivity contribution in [3.05, 3.63) is 30.1 Å². The number of hydrogen-bond donors (Lipinski definition) is 1. The molecule has 7 heteroatoms. The van der Waals surface area contributed by atoms with Gasteiger partial charge in [0.05, 0.1) is 0 Å². The highest BCUT2D eigenvalue weighted by Gasteiger charge is 2.09. The highest BCUT2D eigenvalue weighted by atomic mass is 19.1. The maximum Gasteiger partial charge on any atom is 0.328 e. The van der Waals surface area contributed by atoms with Crippen molar-refractivity contribution in [1.29, 1.82) is 0 Å². The van der Waals surface area contributed by atoms with Crippen LogP contribution >= 0.6 is 0 Å². The average molecular weight is 277 g/mol. The molecule has 2 rings (SSSR count). The van der Waals surface area contributed by atoms with Crippen LogP contribution in [0.5, 0.6) is 11.8 Å². The number of hydrogen-bond acceptors (Lipinski definition) is 6. The summed E-state index contributed by atoms with van der Waals surface area (Å²) >= 11 is 0. The highest BCUT2D eigenvalue weighted by Crippen LogP contribution is 2.21. The van der Waals surface area contributed by atoms with E-state index in [1.807, 2.05) is 21.0 Å². The van der Waals surface area contributed by atoms with Crippen molar-refractivity contribution in [3.63, 3.8) is 0 Å². The molecule has 2 aromatic rings. The van der Waals surface area contributed by atoms with Crippen LogP contribution in [0.3, 0.4) is 0 Å². The van der Waals surface area contributed by atoms with E-state index in [1.54, 1.807) is 17.0 Å². The van der Waals surface area contributed by atoms with Gasteiger partial charge in [0.25, 0.3) is 0 Å². The summed E-state index contributed by atoms with van der Waals surface area (Å²) in [5.41, 5.74) is 0. The maximum atomic E-state index is 13.1. The van der Waals surface area contributed by atoms with Gasteiger partial charge in [0.2, 0.25) is 11.9 Å². The third-order valence-electron chi connectivity index (χ3n) is 2.34. The summed E-state index contributed by atoms with van der Waals surface area (Å²) in [6.07, 6.45) is 0. The molecule has 1 heterocycles. The minimum atomic E-state index is -0.378. The zero-order chi connectivity index (χ0) is 14.5.